The molecule has 1 aliphatic carbocycles. The number of nitrogens with zero attached hydrogens (tertiary/aromatic N) is 1. The fourth-order valence-electron chi connectivity index (χ4n) is 2.55. The lowest BCUT2D eigenvalue weighted by Crippen LogP contribution is -2.36. The van der Waals surface area contributed by atoms with E-state index in [2.05, 4.69) is 24.2 Å². The van der Waals surface area contributed by atoms with Crippen LogP contribution >= 0.6 is 0 Å². The molecule has 1 saturated heterocycles. The van der Waals surface area contributed by atoms with Crippen LogP contribution in [-0.2, 0) is 4.84 Å². The second-order valence-electron chi connectivity index (χ2n) is 5.22. The summed E-state index contributed by atoms with van der Waals surface area (Å²) in [5.41, 5.74) is 3.27. The molecule has 1 N–H and O–H groups in total. The molecule has 0 spiro atoms. The van der Waals surface area contributed by atoms with Crippen LogP contribution in [0.25, 0.3) is 0 Å². The molecule has 3 heteroatoms. The molecule has 3 nitrogen and oxygen atoms in total. The molecule has 2 aliphatic rings. The van der Waals surface area contributed by atoms with E-state index >= 15 is 0 Å². The topological polar surface area (TPSA) is 24.5 Å². The van der Waals surface area contributed by atoms with Gasteiger partial charge in [0.05, 0.1) is 6.10 Å². The van der Waals surface area contributed by atoms with Crippen molar-refractivity contribution in [3.63, 3.8) is 0 Å². The van der Waals surface area contributed by atoms with E-state index in [9.17, 15) is 0 Å². The second-order valence-corrected chi connectivity index (χ2v) is 5.22. The van der Waals surface area contributed by atoms with Crippen molar-refractivity contribution in [2.45, 2.75) is 64.1 Å². The maximum absolute atomic E-state index is 5.74. The first-order valence-electron chi connectivity index (χ1n) is 6.41. The predicted molar refractivity (Wildman–Crippen MR) is 61.6 cm³/mol. The summed E-state index contributed by atoms with van der Waals surface area (Å²) in [6.07, 6.45) is 6.88. The van der Waals surface area contributed by atoms with Gasteiger partial charge >= 0.3 is 0 Å². The third-order valence-electron chi connectivity index (χ3n) is 3.65. The summed E-state index contributed by atoms with van der Waals surface area (Å²) in [4.78, 5) is 8.25. The van der Waals surface area contributed by atoms with Gasteiger partial charge in [-0.1, -0.05) is 12.8 Å². The van der Waals surface area contributed by atoms with Crippen molar-refractivity contribution in [2.24, 2.45) is 0 Å². The van der Waals surface area contributed by atoms with Crippen LogP contribution < -0.4 is 5.48 Å². The van der Waals surface area contributed by atoms with Gasteiger partial charge in [0.15, 0.2) is 0 Å². The summed E-state index contributed by atoms with van der Waals surface area (Å²) in [6.45, 7) is 6.88. The van der Waals surface area contributed by atoms with Crippen LogP contribution in [0.15, 0.2) is 0 Å². The molecule has 0 aromatic heterocycles. The van der Waals surface area contributed by atoms with Crippen LogP contribution in [0, 0.1) is 0 Å². The van der Waals surface area contributed by atoms with Gasteiger partial charge in [0, 0.05) is 25.2 Å². The number of rotatable bonds is 4. The number of nitrogens with one attached hydrogen (secondary N) is 1. The van der Waals surface area contributed by atoms with Crippen molar-refractivity contribution >= 4 is 0 Å². The largest absolute Gasteiger partial charge is 0.299 e. The van der Waals surface area contributed by atoms with Crippen molar-refractivity contribution < 1.29 is 4.84 Å². The fraction of sp³-hybridized carbons (Fsp3) is 1.00. The predicted octanol–water partition coefficient (Wildman–Crippen LogP) is 1.93. The average Bonchev–Trinajstić information content (AvgIpc) is 2.86. The smallest absolute Gasteiger partial charge is 0.0790 e. The first kappa shape index (κ1) is 11.4. The highest BCUT2D eigenvalue weighted by Crippen LogP contribution is 2.21. The number of hydroxylamine groups is 1. The summed E-state index contributed by atoms with van der Waals surface area (Å²) in [5, 5.41) is 0. The fourth-order valence-corrected chi connectivity index (χ4v) is 2.55. The van der Waals surface area contributed by atoms with Gasteiger partial charge in [0.2, 0.25) is 0 Å². The summed E-state index contributed by atoms with van der Waals surface area (Å²) < 4.78 is 0. The number of hydrogen-bond acceptors (Lipinski definition) is 3. The Balaban J connectivity index is 1.64. The quantitative estimate of drug-likeness (QED) is 0.721. The highest BCUT2D eigenvalue weighted by Gasteiger charge is 2.25. The molecule has 0 aromatic carbocycles. The Bertz CT molecular complexity index is 190. The summed E-state index contributed by atoms with van der Waals surface area (Å²) in [6, 6.07) is 1.22. The molecule has 1 unspecified atom stereocenters. The zero-order chi connectivity index (χ0) is 10.7. The van der Waals surface area contributed by atoms with Crippen LogP contribution in [0.1, 0.15) is 46.0 Å². The lowest BCUT2D eigenvalue weighted by molar-refractivity contribution is -0.0385. The average molecular weight is 212 g/mol. The van der Waals surface area contributed by atoms with Crippen molar-refractivity contribution in [2.75, 3.05) is 13.1 Å². The minimum absolute atomic E-state index is 0.484. The lowest BCUT2D eigenvalue weighted by Gasteiger charge is -2.21. The molecule has 1 heterocycles. The van der Waals surface area contributed by atoms with Gasteiger partial charge < -0.3 is 0 Å². The molecule has 0 amide bonds. The first-order valence-corrected chi connectivity index (χ1v) is 6.41. The van der Waals surface area contributed by atoms with Gasteiger partial charge in [-0.3, -0.25) is 9.74 Å². The molecule has 2 fully saturated rings. The highest BCUT2D eigenvalue weighted by atomic mass is 16.7. The van der Waals surface area contributed by atoms with Crippen LogP contribution in [-0.4, -0.2) is 36.2 Å². The molecule has 0 aromatic rings. The Labute approximate surface area is 93.1 Å². The number of hydrogen-bond donors (Lipinski definition) is 1. The Morgan fingerprint density at radius 3 is 2.53 bits per heavy atom. The molecule has 15 heavy (non-hydrogen) atoms. The summed E-state index contributed by atoms with van der Waals surface area (Å²) in [5.74, 6) is 0. The molecular weight excluding hydrogens is 188 g/mol. The molecule has 1 atom stereocenters. The normalized spacial score (nSPS) is 29.4. The van der Waals surface area contributed by atoms with Gasteiger partial charge in [0.25, 0.3) is 0 Å². The van der Waals surface area contributed by atoms with E-state index in [-0.39, 0.29) is 0 Å². The molecule has 2 rings (SSSR count). The Hall–Kier alpha value is -0.120. The summed E-state index contributed by atoms with van der Waals surface area (Å²) >= 11 is 0. The second kappa shape index (κ2) is 5.28. The van der Waals surface area contributed by atoms with Crippen molar-refractivity contribution in [3.05, 3.63) is 0 Å². The van der Waals surface area contributed by atoms with Crippen molar-refractivity contribution in [1.82, 2.24) is 10.4 Å². The zero-order valence-corrected chi connectivity index (χ0v) is 10.0. The first-order chi connectivity index (χ1) is 7.25. The van der Waals surface area contributed by atoms with Crippen LogP contribution in [0.2, 0.25) is 0 Å². The SMILES string of the molecule is CC(C)N1CCC(NOC2CCCC2)C1. The minimum atomic E-state index is 0.484. The van der Waals surface area contributed by atoms with Gasteiger partial charge in [0.1, 0.15) is 0 Å². The molecule has 1 saturated carbocycles. The van der Waals surface area contributed by atoms with Crippen LogP contribution in [0.5, 0.6) is 0 Å². The van der Waals surface area contributed by atoms with Crippen LogP contribution in [0.3, 0.4) is 0 Å². The van der Waals surface area contributed by atoms with Gasteiger partial charge in [-0.2, -0.15) is 5.48 Å². The van der Waals surface area contributed by atoms with Crippen LogP contribution in [0.4, 0.5) is 0 Å². The van der Waals surface area contributed by atoms with E-state index in [4.69, 9.17) is 4.84 Å². The summed E-state index contributed by atoms with van der Waals surface area (Å²) in [7, 11) is 0. The van der Waals surface area contributed by atoms with Gasteiger partial charge in [-0.25, -0.2) is 0 Å². The standard InChI is InChI=1S/C12H24N2O/c1-10(2)14-8-7-11(9-14)13-15-12-5-3-4-6-12/h10-13H,3-9H2,1-2H3. The van der Waals surface area contributed by atoms with Crippen molar-refractivity contribution in [3.8, 4) is 0 Å². The van der Waals surface area contributed by atoms with E-state index in [1.165, 1.54) is 38.6 Å². The minimum Gasteiger partial charge on any atom is -0.299 e. The molecule has 0 bridgehead atoms. The maximum atomic E-state index is 5.74. The molecule has 1 aliphatic heterocycles. The highest BCUT2D eigenvalue weighted by molar-refractivity contribution is 4.81. The maximum Gasteiger partial charge on any atom is 0.0790 e. The van der Waals surface area contributed by atoms with E-state index in [0.29, 0.717) is 18.2 Å². The molecule has 0 radical (unpaired) electrons. The Kier molecular flexibility index (Phi) is 4.00. The molecular formula is C12H24N2O. The van der Waals surface area contributed by atoms with Gasteiger partial charge in [-0.15, -0.1) is 0 Å². The van der Waals surface area contributed by atoms with Gasteiger partial charge in [-0.05, 0) is 33.1 Å². The van der Waals surface area contributed by atoms with E-state index < -0.39 is 0 Å². The Morgan fingerprint density at radius 1 is 1.20 bits per heavy atom. The van der Waals surface area contributed by atoms with Crippen molar-refractivity contribution in [1.29, 1.82) is 0 Å². The third kappa shape index (κ3) is 3.16. The Morgan fingerprint density at radius 2 is 1.93 bits per heavy atom. The van der Waals surface area contributed by atoms with E-state index in [0.717, 1.165) is 6.54 Å². The third-order valence-corrected chi connectivity index (χ3v) is 3.65. The molecule has 88 valence electrons. The lowest BCUT2D eigenvalue weighted by atomic mass is 10.3. The zero-order valence-electron chi connectivity index (χ0n) is 10.0. The monoisotopic (exact) mass is 212 g/mol. The number of likely N-dealkylation sites (tertiary alicyclic amines) is 1. The van der Waals surface area contributed by atoms with E-state index in [1.807, 2.05) is 0 Å². The van der Waals surface area contributed by atoms with E-state index in [1.54, 1.807) is 0 Å².